The van der Waals surface area contributed by atoms with Crippen molar-refractivity contribution in [3.63, 3.8) is 0 Å². The summed E-state index contributed by atoms with van der Waals surface area (Å²) in [5.74, 6) is -0.989. The number of carboxylic acids is 1. The van der Waals surface area contributed by atoms with Gasteiger partial charge in [-0.2, -0.15) is 0 Å². The van der Waals surface area contributed by atoms with E-state index in [1.165, 1.54) is 0 Å². The van der Waals surface area contributed by atoms with Crippen molar-refractivity contribution in [3.05, 3.63) is 0 Å². The maximum Gasteiger partial charge on any atom is 0.323 e. The van der Waals surface area contributed by atoms with Gasteiger partial charge in [-0.25, -0.2) is 0 Å². The molecule has 0 unspecified atom stereocenters. The molecular weight excluding hydrogens is 246 g/mol. The van der Waals surface area contributed by atoms with E-state index in [1.807, 2.05) is 13.8 Å². The Balaban J connectivity index is 5.34. The Hall–Kier alpha value is -0.393. The van der Waals surface area contributed by atoms with E-state index < -0.39 is 25.9 Å². The van der Waals surface area contributed by atoms with Crippen molar-refractivity contribution in [1.82, 2.24) is 0 Å². The van der Waals surface area contributed by atoms with Crippen LogP contribution in [0.5, 0.6) is 0 Å². The van der Waals surface area contributed by atoms with E-state index in [9.17, 15) is 9.90 Å². The normalized spacial score (nSPS) is 15.6. The topological polar surface area (TPSA) is 72.5 Å². The zero-order chi connectivity index (χ0) is 14.8. The Morgan fingerprint density at radius 2 is 1.67 bits per heavy atom. The molecule has 0 heterocycles. The van der Waals surface area contributed by atoms with Crippen LogP contribution in [0.3, 0.4) is 0 Å². The Morgan fingerprint density at radius 1 is 1.28 bits per heavy atom. The monoisotopic (exact) mass is 275 g/mol. The van der Waals surface area contributed by atoms with E-state index in [4.69, 9.17) is 10.2 Å². The second-order valence-electron chi connectivity index (χ2n) is 6.45. The van der Waals surface area contributed by atoms with Gasteiger partial charge in [-0.3, -0.25) is 4.79 Å². The van der Waals surface area contributed by atoms with Crippen LogP contribution in [-0.4, -0.2) is 31.0 Å². The Bertz CT molecular complexity index is 293. The highest BCUT2D eigenvalue weighted by Crippen LogP contribution is 2.41. The average molecular weight is 275 g/mol. The quantitative estimate of drug-likeness (QED) is 0.731. The molecular formula is C13H29NO3Si. The molecule has 0 aromatic heterocycles. The SMILES string of the molecule is CCC(CC)(O[Si](C)(C)C(C)(C)C)[C@@H](N)C(=O)O. The lowest BCUT2D eigenvalue weighted by atomic mass is 9.89. The maximum atomic E-state index is 11.2. The largest absolute Gasteiger partial charge is 0.480 e. The molecule has 0 radical (unpaired) electrons. The fraction of sp³-hybridized carbons (Fsp3) is 0.923. The van der Waals surface area contributed by atoms with Gasteiger partial charge < -0.3 is 15.3 Å². The van der Waals surface area contributed by atoms with E-state index in [1.54, 1.807) is 0 Å². The number of carbonyl (C=O) groups is 1. The smallest absolute Gasteiger partial charge is 0.323 e. The van der Waals surface area contributed by atoms with Crippen LogP contribution in [0.25, 0.3) is 0 Å². The molecule has 0 aromatic rings. The summed E-state index contributed by atoms with van der Waals surface area (Å²) in [7, 11) is -2.03. The molecule has 0 saturated heterocycles. The highest BCUT2D eigenvalue weighted by molar-refractivity contribution is 6.74. The summed E-state index contributed by atoms with van der Waals surface area (Å²) in [5.41, 5.74) is 5.11. The molecule has 0 aliphatic carbocycles. The highest BCUT2D eigenvalue weighted by Gasteiger charge is 2.47. The summed E-state index contributed by atoms with van der Waals surface area (Å²) >= 11 is 0. The summed E-state index contributed by atoms with van der Waals surface area (Å²) in [6, 6.07) is -0.971. The van der Waals surface area contributed by atoms with Crippen molar-refractivity contribution in [2.24, 2.45) is 5.73 Å². The highest BCUT2D eigenvalue weighted by atomic mass is 28.4. The maximum absolute atomic E-state index is 11.2. The molecule has 3 N–H and O–H groups in total. The van der Waals surface area contributed by atoms with Crippen molar-refractivity contribution in [3.8, 4) is 0 Å². The molecule has 0 saturated carbocycles. The number of aliphatic carboxylic acids is 1. The van der Waals surface area contributed by atoms with E-state index in [-0.39, 0.29) is 5.04 Å². The van der Waals surface area contributed by atoms with E-state index in [0.29, 0.717) is 12.8 Å². The van der Waals surface area contributed by atoms with Gasteiger partial charge in [0.2, 0.25) is 0 Å². The minimum absolute atomic E-state index is 0.0425. The standard InChI is InChI=1S/C13H29NO3Si/c1-8-13(9-2,10(14)11(15)16)17-18(6,7)12(3,4)5/h10H,8-9,14H2,1-7H3,(H,15,16)/t10-/m0/s1. The van der Waals surface area contributed by atoms with Gasteiger partial charge in [-0.15, -0.1) is 0 Å². The van der Waals surface area contributed by atoms with Gasteiger partial charge in [-0.05, 0) is 31.0 Å². The van der Waals surface area contributed by atoms with E-state index >= 15 is 0 Å². The van der Waals surface area contributed by atoms with Crippen molar-refractivity contribution in [2.75, 3.05) is 0 Å². The van der Waals surface area contributed by atoms with Crippen molar-refractivity contribution >= 4 is 14.3 Å². The van der Waals surface area contributed by atoms with Gasteiger partial charge in [0, 0.05) is 0 Å². The minimum Gasteiger partial charge on any atom is -0.480 e. The fourth-order valence-corrected chi connectivity index (χ4v) is 3.52. The summed E-state index contributed by atoms with van der Waals surface area (Å²) in [6.45, 7) is 14.6. The summed E-state index contributed by atoms with van der Waals surface area (Å²) < 4.78 is 6.34. The second-order valence-corrected chi connectivity index (χ2v) is 11.2. The molecule has 0 aliphatic heterocycles. The van der Waals surface area contributed by atoms with Crippen molar-refractivity contribution in [1.29, 1.82) is 0 Å². The van der Waals surface area contributed by atoms with Gasteiger partial charge in [0.25, 0.3) is 0 Å². The number of nitrogens with two attached hydrogens (primary N) is 1. The molecule has 0 fully saturated rings. The van der Waals surface area contributed by atoms with Crippen LogP contribution in [0.1, 0.15) is 47.5 Å². The Morgan fingerprint density at radius 3 is 1.89 bits per heavy atom. The first kappa shape index (κ1) is 17.6. The third-order valence-electron chi connectivity index (χ3n) is 4.29. The van der Waals surface area contributed by atoms with Crippen LogP contribution in [0.15, 0.2) is 0 Å². The number of hydrogen-bond acceptors (Lipinski definition) is 3. The zero-order valence-corrected chi connectivity index (χ0v) is 13.8. The van der Waals surface area contributed by atoms with Crippen LogP contribution < -0.4 is 5.73 Å². The van der Waals surface area contributed by atoms with Gasteiger partial charge in [-0.1, -0.05) is 34.6 Å². The average Bonchev–Trinajstić information content (AvgIpc) is 2.23. The van der Waals surface area contributed by atoms with Gasteiger partial charge in [0.05, 0.1) is 5.60 Å². The van der Waals surface area contributed by atoms with Crippen molar-refractivity contribution in [2.45, 2.75) is 77.2 Å². The lowest BCUT2D eigenvalue weighted by Crippen LogP contribution is -2.60. The molecule has 1 atom stereocenters. The van der Waals surface area contributed by atoms with Gasteiger partial charge in [0.15, 0.2) is 8.32 Å². The fourth-order valence-electron chi connectivity index (χ4n) is 1.78. The first-order valence-corrected chi connectivity index (χ1v) is 9.53. The second kappa shape index (κ2) is 5.71. The van der Waals surface area contributed by atoms with Gasteiger partial charge in [0.1, 0.15) is 6.04 Å². The number of hydrogen-bond donors (Lipinski definition) is 2. The summed E-state index contributed by atoms with van der Waals surface area (Å²) in [5, 5.41) is 9.23. The molecule has 0 spiro atoms. The lowest BCUT2D eigenvalue weighted by Gasteiger charge is -2.46. The lowest BCUT2D eigenvalue weighted by molar-refractivity contribution is -0.145. The first-order valence-electron chi connectivity index (χ1n) is 6.62. The van der Waals surface area contributed by atoms with Crippen LogP contribution in [-0.2, 0) is 9.22 Å². The van der Waals surface area contributed by atoms with Crippen molar-refractivity contribution < 1.29 is 14.3 Å². The number of carboxylic acid groups (broad SMARTS) is 1. The van der Waals surface area contributed by atoms with E-state index in [2.05, 4.69) is 33.9 Å². The van der Waals surface area contributed by atoms with Crippen LogP contribution in [0.4, 0.5) is 0 Å². The molecule has 0 bridgehead atoms. The van der Waals surface area contributed by atoms with Gasteiger partial charge >= 0.3 is 5.97 Å². The molecule has 108 valence electrons. The Kier molecular flexibility index (Phi) is 5.59. The molecule has 0 rings (SSSR count). The molecule has 0 amide bonds. The summed E-state index contributed by atoms with van der Waals surface area (Å²) in [4.78, 5) is 11.2. The molecule has 18 heavy (non-hydrogen) atoms. The molecule has 0 aliphatic rings. The predicted molar refractivity (Wildman–Crippen MR) is 77.2 cm³/mol. The van der Waals surface area contributed by atoms with E-state index in [0.717, 1.165) is 0 Å². The number of rotatable bonds is 6. The minimum atomic E-state index is -2.03. The Labute approximate surface area is 112 Å². The van der Waals surface area contributed by atoms with Crippen LogP contribution >= 0.6 is 0 Å². The third-order valence-corrected chi connectivity index (χ3v) is 8.82. The van der Waals surface area contributed by atoms with Crippen LogP contribution in [0, 0.1) is 0 Å². The molecule has 0 aromatic carbocycles. The summed E-state index contributed by atoms with van der Waals surface area (Å²) in [6.07, 6.45) is 1.23. The molecule has 5 heteroatoms. The first-order chi connectivity index (χ1) is 7.93. The third kappa shape index (κ3) is 3.55. The van der Waals surface area contributed by atoms with Crippen LogP contribution in [0.2, 0.25) is 18.1 Å². The zero-order valence-electron chi connectivity index (χ0n) is 12.8. The predicted octanol–water partition coefficient (Wildman–Crippen LogP) is 2.98. The molecule has 4 nitrogen and oxygen atoms in total.